The molecule has 0 unspecified atom stereocenters. The standard InChI is InChI=1S/C14H16BrN3O3/c1-3-6-20-13-12(16)14(18-8-17-13)21-11-5-4-9(19-2)7-10(11)15/h4-5,7-8H,3,6,16H2,1-2H3. The van der Waals surface area contributed by atoms with Gasteiger partial charge in [-0.2, -0.15) is 9.97 Å². The third-order valence-corrected chi connectivity index (χ3v) is 3.22. The number of benzene rings is 1. The summed E-state index contributed by atoms with van der Waals surface area (Å²) in [6.45, 7) is 2.54. The maximum absolute atomic E-state index is 5.96. The molecule has 1 aromatic heterocycles. The number of hydrogen-bond acceptors (Lipinski definition) is 6. The van der Waals surface area contributed by atoms with Gasteiger partial charge in [0.1, 0.15) is 17.8 Å². The van der Waals surface area contributed by atoms with Crippen molar-refractivity contribution in [2.24, 2.45) is 0 Å². The van der Waals surface area contributed by atoms with Crippen molar-refractivity contribution in [3.63, 3.8) is 0 Å². The Labute approximate surface area is 131 Å². The number of rotatable bonds is 6. The fourth-order valence-electron chi connectivity index (χ4n) is 1.55. The van der Waals surface area contributed by atoms with Crippen molar-refractivity contribution in [2.45, 2.75) is 13.3 Å². The number of nitrogens with zero attached hydrogens (tertiary/aromatic N) is 2. The molecule has 7 heteroatoms. The zero-order valence-corrected chi connectivity index (χ0v) is 13.4. The third kappa shape index (κ3) is 3.75. The van der Waals surface area contributed by atoms with Crippen LogP contribution in [0.2, 0.25) is 0 Å². The van der Waals surface area contributed by atoms with Gasteiger partial charge in [-0.05, 0) is 40.5 Å². The molecular weight excluding hydrogens is 338 g/mol. The number of ether oxygens (including phenoxy) is 3. The summed E-state index contributed by atoms with van der Waals surface area (Å²) in [5.74, 6) is 1.87. The molecule has 0 saturated carbocycles. The number of hydrogen-bond donors (Lipinski definition) is 1. The van der Waals surface area contributed by atoms with Crippen LogP contribution in [0, 0.1) is 0 Å². The molecule has 6 nitrogen and oxygen atoms in total. The summed E-state index contributed by atoms with van der Waals surface area (Å²) >= 11 is 3.41. The fraction of sp³-hybridized carbons (Fsp3) is 0.286. The van der Waals surface area contributed by atoms with Crippen LogP contribution in [-0.4, -0.2) is 23.7 Å². The molecular formula is C14H16BrN3O3. The van der Waals surface area contributed by atoms with Gasteiger partial charge in [-0.25, -0.2) is 0 Å². The second-order valence-corrected chi connectivity index (χ2v) is 5.00. The van der Waals surface area contributed by atoms with Gasteiger partial charge in [-0.15, -0.1) is 0 Å². The largest absolute Gasteiger partial charge is 0.497 e. The second-order valence-electron chi connectivity index (χ2n) is 4.14. The summed E-state index contributed by atoms with van der Waals surface area (Å²) in [6, 6.07) is 5.34. The van der Waals surface area contributed by atoms with Crippen molar-refractivity contribution in [1.82, 2.24) is 9.97 Å². The van der Waals surface area contributed by atoms with Crippen LogP contribution in [0.25, 0.3) is 0 Å². The van der Waals surface area contributed by atoms with Crippen LogP contribution in [0.15, 0.2) is 29.0 Å². The molecule has 0 aliphatic rings. The van der Waals surface area contributed by atoms with Crippen molar-refractivity contribution in [3.8, 4) is 23.3 Å². The molecule has 0 atom stereocenters. The normalized spacial score (nSPS) is 10.2. The van der Waals surface area contributed by atoms with E-state index in [4.69, 9.17) is 19.9 Å². The number of anilines is 1. The highest BCUT2D eigenvalue weighted by molar-refractivity contribution is 9.10. The predicted molar refractivity (Wildman–Crippen MR) is 83.0 cm³/mol. The summed E-state index contributed by atoms with van der Waals surface area (Å²) in [5.41, 5.74) is 6.24. The minimum absolute atomic E-state index is 0.252. The molecule has 2 rings (SSSR count). The van der Waals surface area contributed by atoms with Gasteiger partial charge in [0.15, 0.2) is 5.69 Å². The molecule has 1 heterocycles. The summed E-state index contributed by atoms with van der Waals surface area (Å²) in [6.07, 6.45) is 2.22. The average molecular weight is 354 g/mol. The molecule has 0 fully saturated rings. The lowest BCUT2D eigenvalue weighted by Gasteiger charge is -2.12. The predicted octanol–water partition coefficient (Wildman–Crippen LogP) is 3.41. The van der Waals surface area contributed by atoms with Crippen LogP contribution < -0.4 is 19.9 Å². The average Bonchev–Trinajstić information content (AvgIpc) is 2.50. The van der Waals surface area contributed by atoms with Crippen LogP contribution >= 0.6 is 15.9 Å². The van der Waals surface area contributed by atoms with Gasteiger partial charge < -0.3 is 19.9 Å². The van der Waals surface area contributed by atoms with Gasteiger partial charge in [0.25, 0.3) is 0 Å². The summed E-state index contributed by atoms with van der Waals surface area (Å²) < 4.78 is 17.0. The van der Waals surface area contributed by atoms with E-state index in [9.17, 15) is 0 Å². The molecule has 2 N–H and O–H groups in total. The van der Waals surface area contributed by atoms with Crippen LogP contribution in [0.4, 0.5) is 5.69 Å². The molecule has 1 aromatic carbocycles. The fourth-order valence-corrected chi connectivity index (χ4v) is 1.99. The molecule has 0 aliphatic carbocycles. The van der Waals surface area contributed by atoms with Crippen LogP contribution in [0.5, 0.6) is 23.3 Å². The molecule has 21 heavy (non-hydrogen) atoms. The Hall–Kier alpha value is -2.02. The highest BCUT2D eigenvalue weighted by Gasteiger charge is 2.13. The van der Waals surface area contributed by atoms with E-state index in [1.165, 1.54) is 6.33 Å². The van der Waals surface area contributed by atoms with Crippen LogP contribution in [0.3, 0.4) is 0 Å². The van der Waals surface area contributed by atoms with Gasteiger partial charge in [0.2, 0.25) is 11.8 Å². The molecule has 0 aliphatic heterocycles. The maximum atomic E-state index is 5.96. The molecule has 0 spiro atoms. The molecule has 0 bridgehead atoms. The van der Waals surface area contributed by atoms with Gasteiger partial charge in [0, 0.05) is 0 Å². The van der Waals surface area contributed by atoms with E-state index in [1.54, 1.807) is 25.3 Å². The topological polar surface area (TPSA) is 79.5 Å². The van der Waals surface area contributed by atoms with Crippen molar-refractivity contribution < 1.29 is 14.2 Å². The zero-order chi connectivity index (χ0) is 15.2. The first-order valence-electron chi connectivity index (χ1n) is 6.40. The van der Waals surface area contributed by atoms with Crippen molar-refractivity contribution in [2.75, 3.05) is 19.5 Å². The lowest BCUT2D eigenvalue weighted by atomic mass is 10.3. The van der Waals surface area contributed by atoms with E-state index in [0.29, 0.717) is 18.2 Å². The smallest absolute Gasteiger partial charge is 0.249 e. The first-order chi connectivity index (χ1) is 10.2. The summed E-state index contributed by atoms with van der Waals surface area (Å²) in [5, 5.41) is 0. The Balaban J connectivity index is 2.23. The Morgan fingerprint density at radius 2 is 2.00 bits per heavy atom. The summed E-state index contributed by atoms with van der Waals surface area (Å²) in [7, 11) is 1.60. The highest BCUT2D eigenvalue weighted by atomic mass is 79.9. The molecule has 112 valence electrons. The van der Waals surface area contributed by atoms with Crippen LogP contribution in [-0.2, 0) is 0 Å². The summed E-state index contributed by atoms with van der Waals surface area (Å²) in [4.78, 5) is 8.03. The van der Waals surface area contributed by atoms with Gasteiger partial charge >= 0.3 is 0 Å². The number of halogens is 1. The van der Waals surface area contributed by atoms with Crippen molar-refractivity contribution in [3.05, 3.63) is 29.0 Å². The third-order valence-electron chi connectivity index (χ3n) is 2.60. The molecule has 0 saturated heterocycles. The van der Waals surface area contributed by atoms with Crippen molar-refractivity contribution in [1.29, 1.82) is 0 Å². The Kier molecular flexibility index (Phi) is 5.21. The second kappa shape index (κ2) is 7.12. The van der Waals surface area contributed by atoms with Gasteiger partial charge in [-0.3, -0.25) is 0 Å². The lowest BCUT2D eigenvalue weighted by Crippen LogP contribution is -2.04. The molecule has 2 aromatic rings. The van der Waals surface area contributed by atoms with E-state index < -0.39 is 0 Å². The SMILES string of the molecule is CCCOc1ncnc(Oc2ccc(OC)cc2Br)c1N. The Bertz CT molecular complexity index is 622. The number of nitrogens with two attached hydrogens (primary N) is 1. The number of nitrogen functional groups attached to an aromatic ring is 1. The lowest BCUT2D eigenvalue weighted by molar-refractivity contribution is 0.304. The molecule has 0 amide bonds. The molecule has 0 radical (unpaired) electrons. The number of aromatic nitrogens is 2. The monoisotopic (exact) mass is 353 g/mol. The van der Waals surface area contributed by atoms with Gasteiger partial charge in [0.05, 0.1) is 18.2 Å². The zero-order valence-electron chi connectivity index (χ0n) is 11.8. The van der Waals surface area contributed by atoms with E-state index in [2.05, 4.69) is 25.9 Å². The first-order valence-corrected chi connectivity index (χ1v) is 7.19. The first kappa shape index (κ1) is 15.4. The Morgan fingerprint density at radius 1 is 1.24 bits per heavy atom. The minimum Gasteiger partial charge on any atom is -0.497 e. The van der Waals surface area contributed by atoms with E-state index in [0.717, 1.165) is 16.6 Å². The van der Waals surface area contributed by atoms with Crippen molar-refractivity contribution >= 4 is 21.6 Å². The quantitative estimate of drug-likeness (QED) is 0.856. The van der Waals surface area contributed by atoms with E-state index in [-0.39, 0.29) is 11.6 Å². The van der Waals surface area contributed by atoms with Gasteiger partial charge in [-0.1, -0.05) is 6.92 Å². The number of methoxy groups -OCH3 is 1. The Morgan fingerprint density at radius 3 is 2.67 bits per heavy atom. The highest BCUT2D eigenvalue weighted by Crippen LogP contribution is 2.35. The van der Waals surface area contributed by atoms with E-state index in [1.807, 2.05) is 6.92 Å². The van der Waals surface area contributed by atoms with Crippen LogP contribution in [0.1, 0.15) is 13.3 Å². The maximum Gasteiger partial charge on any atom is 0.249 e. The van der Waals surface area contributed by atoms with E-state index >= 15 is 0 Å². The minimum atomic E-state index is 0.252.